The first-order valence-electron chi connectivity index (χ1n) is 4.92. The number of rotatable bonds is 6. The van der Waals surface area contributed by atoms with Crippen molar-refractivity contribution >= 4 is 23.4 Å². The van der Waals surface area contributed by atoms with E-state index >= 15 is 0 Å². The van der Waals surface area contributed by atoms with Gasteiger partial charge in [0.05, 0.1) is 25.0 Å². The molecule has 1 rings (SSSR count). The number of furan rings is 1. The van der Waals surface area contributed by atoms with Crippen LogP contribution < -0.4 is 10.6 Å². The summed E-state index contributed by atoms with van der Waals surface area (Å²) < 4.78 is 9.52. The monoisotopic (exact) mass is 260 g/mol. The Balaban J connectivity index is 2.29. The maximum atomic E-state index is 11.5. The predicted molar refractivity (Wildman–Crippen MR) is 60.9 cm³/mol. The summed E-state index contributed by atoms with van der Waals surface area (Å²) in [5, 5.41) is 4.98. The van der Waals surface area contributed by atoms with Gasteiger partial charge in [-0.3, -0.25) is 9.59 Å². The topological polar surface area (TPSA) is 80.6 Å². The molecule has 0 aliphatic carbocycles. The normalized spacial score (nSPS) is 10.0. The van der Waals surface area contributed by atoms with Gasteiger partial charge in [-0.2, -0.15) is 0 Å². The summed E-state index contributed by atoms with van der Waals surface area (Å²) in [6.45, 7) is 0.703. The highest BCUT2D eigenvalue weighted by molar-refractivity contribution is 6.32. The van der Waals surface area contributed by atoms with Crippen LogP contribution in [-0.4, -0.2) is 38.6 Å². The fraction of sp³-hybridized carbons (Fsp3) is 0.400. The minimum Gasteiger partial charge on any atom is -0.452 e. The Morgan fingerprint density at radius 1 is 1.47 bits per heavy atom. The van der Waals surface area contributed by atoms with Gasteiger partial charge < -0.3 is 19.8 Å². The fourth-order valence-corrected chi connectivity index (χ4v) is 1.27. The first-order chi connectivity index (χ1) is 8.15. The average molecular weight is 261 g/mol. The van der Waals surface area contributed by atoms with Crippen LogP contribution in [0.15, 0.2) is 16.7 Å². The van der Waals surface area contributed by atoms with Crippen LogP contribution in [0.3, 0.4) is 0 Å². The predicted octanol–water partition coefficient (Wildman–Crippen LogP) is 0.425. The van der Waals surface area contributed by atoms with Crippen molar-refractivity contribution in [1.29, 1.82) is 0 Å². The van der Waals surface area contributed by atoms with Gasteiger partial charge in [-0.05, 0) is 17.7 Å². The molecule has 2 N–H and O–H groups in total. The van der Waals surface area contributed by atoms with Crippen molar-refractivity contribution < 1.29 is 18.7 Å². The van der Waals surface area contributed by atoms with Crippen LogP contribution in [0.2, 0.25) is 5.22 Å². The summed E-state index contributed by atoms with van der Waals surface area (Å²) in [6, 6.07) is 1.43. The molecule has 0 unspecified atom stereocenters. The summed E-state index contributed by atoms with van der Waals surface area (Å²) in [6.07, 6.45) is 1.30. The minimum atomic E-state index is -0.453. The largest absolute Gasteiger partial charge is 0.452 e. The van der Waals surface area contributed by atoms with E-state index in [0.29, 0.717) is 13.2 Å². The zero-order valence-corrected chi connectivity index (χ0v) is 10.0. The molecule has 1 heterocycles. The van der Waals surface area contributed by atoms with Crippen molar-refractivity contribution in [2.24, 2.45) is 0 Å². The maximum absolute atomic E-state index is 11.5. The Morgan fingerprint density at radius 3 is 2.82 bits per heavy atom. The van der Waals surface area contributed by atoms with E-state index in [4.69, 9.17) is 20.8 Å². The van der Waals surface area contributed by atoms with E-state index in [1.807, 2.05) is 0 Å². The molecule has 0 radical (unpaired) electrons. The average Bonchev–Trinajstić information content (AvgIpc) is 2.73. The number of nitrogens with one attached hydrogen (secondary N) is 2. The Bertz CT molecular complexity index is 391. The Hall–Kier alpha value is -1.53. The van der Waals surface area contributed by atoms with Gasteiger partial charge in [-0.25, -0.2) is 0 Å². The van der Waals surface area contributed by atoms with E-state index in [2.05, 4.69) is 10.6 Å². The highest BCUT2D eigenvalue weighted by Crippen LogP contribution is 2.15. The van der Waals surface area contributed by atoms with Gasteiger partial charge in [0.15, 0.2) is 0 Å². The van der Waals surface area contributed by atoms with E-state index in [-0.39, 0.29) is 23.2 Å². The second-order valence-electron chi connectivity index (χ2n) is 3.13. The van der Waals surface area contributed by atoms with Crippen LogP contribution in [0.25, 0.3) is 0 Å². The highest BCUT2D eigenvalue weighted by Gasteiger charge is 2.13. The molecule has 0 saturated carbocycles. The van der Waals surface area contributed by atoms with Gasteiger partial charge in [0.1, 0.15) is 0 Å². The van der Waals surface area contributed by atoms with Crippen molar-refractivity contribution in [3.63, 3.8) is 0 Å². The maximum Gasteiger partial charge on any atom is 0.256 e. The molecule has 94 valence electrons. The molecule has 1 aromatic rings. The second-order valence-corrected chi connectivity index (χ2v) is 3.48. The van der Waals surface area contributed by atoms with Gasteiger partial charge >= 0.3 is 0 Å². The van der Waals surface area contributed by atoms with Gasteiger partial charge in [-0.15, -0.1) is 0 Å². The molecule has 6 nitrogen and oxygen atoms in total. The van der Waals surface area contributed by atoms with Crippen molar-refractivity contribution in [2.75, 3.05) is 26.8 Å². The molecule has 0 spiro atoms. The van der Waals surface area contributed by atoms with Crippen LogP contribution in [0.5, 0.6) is 0 Å². The summed E-state index contributed by atoms with van der Waals surface area (Å²) >= 11 is 5.61. The smallest absolute Gasteiger partial charge is 0.256 e. The molecule has 0 aliphatic heterocycles. The molecule has 0 saturated heterocycles. The molecular weight excluding hydrogens is 248 g/mol. The zero-order chi connectivity index (χ0) is 12.7. The lowest BCUT2D eigenvalue weighted by Crippen LogP contribution is -2.38. The molecule has 7 heteroatoms. The number of carbonyl (C=O) groups is 2. The lowest BCUT2D eigenvalue weighted by molar-refractivity contribution is -0.120. The van der Waals surface area contributed by atoms with Crippen molar-refractivity contribution in [1.82, 2.24) is 10.6 Å². The van der Waals surface area contributed by atoms with Crippen molar-refractivity contribution in [2.45, 2.75) is 0 Å². The molecule has 0 fully saturated rings. The van der Waals surface area contributed by atoms with Gasteiger partial charge in [0.25, 0.3) is 5.91 Å². The van der Waals surface area contributed by atoms with E-state index in [9.17, 15) is 9.59 Å². The van der Waals surface area contributed by atoms with Gasteiger partial charge in [-0.1, -0.05) is 0 Å². The summed E-state index contributed by atoms with van der Waals surface area (Å²) in [7, 11) is 1.54. The number of ether oxygens (including phenoxy) is 1. The van der Waals surface area contributed by atoms with Crippen molar-refractivity contribution in [3.05, 3.63) is 23.1 Å². The first-order valence-corrected chi connectivity index (χ1v) is 5.29. The van der Waals surface area contributed by atoms with E-state index < -0.39 is 5.91 Å². The number of methoxy groups -OCH3 is 1. The summed E-state index contributed by atoms with van der Waals surface area (Å²) in [5.74, 6) is -0.749. The Labute approximate surface area is 103 Å². The van der Waals surface area contributed by atoms with Gasteiger partial charge in [0, 0.05) is 13.7 Å². The fourth-order valence-electron chi connectivity index (χ4n) is 1.07. The lowest BCUT2D eigenvalue weighted by atomic mass is 10.3. The third kappa shape index (κ3) is 4.46. The quantitative estimate of drug-likeness (QED) is 0.727. The molecule has 0 atom stereocenters. The van der Waals surface area contributed by atoms with E-state index in [1.54, 1.807) is 0 Å². The van der Waals surface area contributed by atoms with Gasteiger partial charge in [0.2, 0.25) is 11.1 Å². The third-order valence-corrected chi connectivity index (χ3v) is 2.19. The lowest BCUT2D eigenvalue weighted by Gasteiger charge is -2.05. The first kappa shape index (κ1) is 13.5. The number of amides is 2. The molecule has 17 heavy (non-hydrogen) atoms. The Morgan fingerprint density at radius 2 is 2.24 bits per heavy atom. The van der Waals surface area contributed by atoms with Crippen LogP contribution in [0, 0.1) is 0 Å². The standard InChI is InChI=1S/C10H13ClN2O4/c1-16-5-3-12-8(14)6-13-10(15)7-2-4-17-9(7)11/h2,4H,3,5-6H2,1H3,(H,12,14)(H,13,15). The molecule has 0 aliphatic rings. The number of hydrogen-bond acceptors (Lipinski definition) is 4. The highest BCUT2D eigenvalue weighted by atomic mass is 35.5. The third-order valence-electron chi connectivity index (χ3n) is 1.90. The van der Waals surface area contributed by atoms with Crippen molar-refractivity contribution in [3.8, 4) is 0 Å². The summed E-state index contributed by atoms with van der Waals surface area (Å²) in [4.78, 5) is 22.7. The molecule has 0 bridgehead atoms. The molecular formula is C10H13ClN2O4. The molecule has 2 amide bonds. The minimum absolute atomic E-state index is 0.00212. The SMILES string of the molecule is COCCNC(=O)CNC(=O)c1ccoc1Cl. The van der Waals surface area contributed by atoms with Crippen LogP contribution in [0.4, 0.5) is 0 Å². The zero-order valence-electron chi connectivity index (χ0n) is 9.29. The number of halogens is 1. The number of carbonyl (C=O) groups excluding carboxylic acids is 2. The van der Waals surface area contributed by atoms with Crippen LogP contribution in [0.1, 0.15) is 10.4 Å². The summed E-state index contributed by atoms with van der Waals surface area (Å²) in [5.41, 5.74) is 0.205. The molecule has 1 aromatic heterocycles. The van der Waals surface area contributed by atoms with Crippen LogP contribution in [-0.2, 0) is 9.53 Å². The number of hydrogen-bond donors (Lipinski definition) is 2. The second kappa shape index (κ2) is 6.93. The van der Waals surface area contributed by atoms with E-state index in [1.165, 1.54) is 19.4 Å². The Kier molecular flexibility index (Phi) is 5.51. The molecule has 0 aromatic carbocycles. The van der Waals surface area contributed by atoms with E-state index in [0.717, 1.165) is 0 Å². The van der Waals surface area contributed by atoms with Crippen LogP contribution >= 0.6 is 11.6 Å².